The van der Waals surface area contributed by atoms with E-state index in [0.29, 0.717) is 31.2 Å². The molecule has 0 saturated carbocycles. The van der Waals surface area contributed by atoms with Crippen LogP contribution in [0.4, 0.5) is 10.1 Å². The fraction of sp³-hybridized carbons (Fsp3) is 0.316. The lowest BCUT2D eigenvalue weighted by Gasteiger charge is -2.35. The molecule has 1 aliphatic heterocycles. The molecule has 3 rings (SSSR count). The Morgan fingerprint density at radius 1 is 1.00 bits per heavy atom. The lowest BCUT2D eigenvalue weighted by molar-refractivity contribution is 0.0956. The Hall–Kier alpha value is -2.16. The van der Waals surface area contributed by atoms with E-state index >= 15 is 0 Å². The summed E-state index contributed by atoms with van der Waals surface area (Å²) in [5.41, 5.74) is 1.29. The number of hydrogen-bond donors (Lipinski definition) is 1. The molecule has 9 heteroatoms. The summed E-state index contributed by atoms with van der Waals surface area (Å²) in [5.74, 6) is -1.04. The smallest absolute Gasteiger partial charge is 0.251 e. The number of amides is 1. The maximum Gasteiger partial charge on any atom is 0.251 e. The van der Waals surface area contributed by atoms with Crippen LogP contribution in [0.5, 0.6) is 0 Å². The van der Waals surface area contributed by atoms with Gasteiger partial charge in [-0.3, -0.25) is 4.79 Å². The molecule has 0 aliphatic carbocycles. The highest BCUT2D eigenvalue weighted by molar-refractivity contribution is 7.89. The number of rotatable bonds is 6. The standard InChI is InChI=1S/C19H21ClFN3O3S/c20-16-3-7-18(8-4-16)23-10-12-24(13-11-23)28(26,27)14-9-22-19(25)15-1-5-17(21)6-2-15/h1-8H,9-14H2,(H,22,25). The number of nitrogens with zero attached hydrogens (tertiary/aromatic N) is 2. The van der Waals surface area contributed by atoms with E-state index in [9.17, 15) is 17.6 Å². The molecule has 1 aliphatic rings. The number of hydrogen-bond acceptors (Lipinski definition) is 4. The number of carbonyl (C=O) groups is 1. The van der Waals surface area contributed by atoms with Gasteiger partial charge in [-0.05, 0) is 48.5 Å². The molecule has 2 aromatic carbocycles. The van der Waals surface area contributed by atoms with Crippen molar-refractivity contribution in [3.63, 3.8) is 0 Å². The van der Waals surface area contributed by atoms with Crippen LogP contribution in [-0.2, 0) is 10.0 Å². The number of benzene rings is 2. The zero-order valence-corrected chi connectivity index (χ0v) is 16.7. The molecule has 0 unspecified atom stereocenters. The Balaban J connectivity index is 1.48. The Morgan fingerprint density at radius 3 is 2.21 bits per heavy atom. The summed E-state index contributed by atoms with van der Waals surface area (Å²) >= 11 is 5.90. The van der Waals surface area contributed by atoms with Gasteiger partial charge >= 0.3 is 0 Å². The first-order valence-electron chi connectivity index (χ1n) is 8.87. The van der Waals surface area contributed by atoms with Gasteiger partial charge in [0.05, 0.1) is 5.75 Å². The van der Waals surface area contributed by atoms with Crippen molar-refractivity contribution in [3.8, 4) is 0 Å². The second-order valence-corrected chi connectivity index (χ2v) is 8.97. The second kappa shape index (κ2) is 8.89. The van der Waals surface area contributed by atoms with Crippen LogP contribution in [0.25, 0.3) is 0 Å². The number of carbonyl (C=O) groups excluding carboxylic acids is 1. The lowest BCUT2D eigenvalue weighted by atomic mass is 10.2. The van der Waals surface area contributed by atoms with Crippen LogP contribution in [0, 0.1) is 5.82 Å². The molecule has 1 amide bonds. The highest BCUT2D eigenvalue weighted by Gasteiger charge is 2.26. The Morgan fingerprint density at radius 2 is 1.61 bits per heavy atom. The summed E-state index contributed by atoms with van der Waals surface area (Å²) in [6.07, 6.45) is 0. The van der Waals surface area contributed by atoms with Crippen molar-refractivity contribution in [1.29, 1.82) is 0 Å². The molecule has 0 aromatic heterocycles. The van der Waals surface area contributed by atoms with E-state index in [2.05, 4.69) is 10.2 Å². The van der Waals surface area contributed by atoms with Gasteiger partial charge in [0.2, 0.25) is 10.0 Å². The molecule has 1 saturated heterocycles. The first-order chi connectivity index (χ1) is 13.3. The summed E-state index contributed by atoms with van der Waals surface area (Å²) in [5, 5.41) is 3.22. The molecule has 28 heavy (non-hydrogen) atoms. The Bertz CT molecular complexity index is 912. The molecule has 150 valence electrons. The Labute approximate surface area is 168 Å². The van der Waals surface area contributed by atoms with E-state index in [0.717, 1.165) is 5.69 Å². The maximum absolute atomic E-state index is 12.9. The van der Waals surface area contributed by atoms with Crippen LogP contribution in [0.15, 0.2) is 48.5 Å². The third-order valence-corrected chi connectivity index (χ3v) is 6.70. The van der Waals surface area contributed by atoms with Crippen LogP contribution in [0.1, 0.15) is 10.4 Å². The van der Waals surface area contributed by atoms with Crippen LogP contribution < -0.4 is 10.2 Å². The monoisotopic (exact) mass is 425 g/mol. The number of anilines is 1. The molecule has 1 N–H and O–H groups in total. The molecular formula is C19H21ClFN3O3S. The van der Waals surface area contributed by atoms with Crippen LogP contribution in [0.3, 0.4) is 0 Å². The normalized spacial score (nSPS) is 15.4. The molecular weight excluding hydrogens is 405 g/mol. The van der Waals surface area contributed by atoms with Gasteiger partial charge < -0.3 is 10.2 Å². The van der Waals surface area contributed by atoms with E-state index in [1.165, 1.54) is 28.6 Å². The van der Waals surface area contributed by atoms with E-state index in [-0.39, 0.29) is 17.9 Å². The molecule has 0 atom stereocenters. The van der Waals surface area contributed by atoms with Crippen LogP contribution in [0.2, 0.25) is 5.02 Å². The highest BCUT2D eigenvalue weighted by Crippen LogP contribution is 2.20. The first kappa shape index (κ1) is 20.6. The fourth-order valence-electron chi connectivity index (χ4n) is 3.00. The SMILES string of the molecule is O=C(NCCS(=O)(=O)N1CCN(c2ccc(Cl)cc2)CC1)c1ccc(F)cc1. The van der Waals surface area contributed by atoms with Crippen LogP contribution in [-0.4, -0.2) is 57.1 Å². The summed E-state index contributed by atoms with van der Waals surface area (Å²) in [7, 11) is -3.47. The van der Waals surface area contributed by atoms with Gasteiger partial charge in [-0.1, -0.05) is 11.6 Å². The van der Waals surface area contributed by atoms with Gasteiger partial charge in [0, 0.05) is 49.0 Å². The average Bonchev–Trinajstić information content (AvgIpc) is 2.69. The molecule has 0 radical (unpaired) electrons. The third kappa shape index (κ3) is 5.21. The van der Waals surface area contributed by atoms with Crippen molar-refractivity contribution in [2.24, 2.45) is 0 Å². The van der Waals surface area contributed by atoms with Crippen molar-refractivity contribution in [1.82, 2.24) is 9.62 Å². The second-order valence-electron chi connectivity index (χ2n) is 6.44. The molecule has 0 spiro atoms. The molecule has 2 aromatic rings. The van der Waals surface area contributed by atoms with Crippen molar-refractivity contribution < 1.29 is 17.6 Å². The van der Waals surface area contributed by atoms with E-state index in [4.69, 9.17) is 11.6 Å². The topological polar surface area (TPSA) is 69.7 Å². The van der Waals surface area contributed by atoms with Gasteiger partial charge in [0.15, 0.2) is 0 Å². The number of nitrogens with one attached hydrogen (secondary N) is 1. The number of sulfonamides is 1. The summed E-state index contributed by atoms with van der Waals surface area (Å²) in [4.78, 5) is 14.1. The first-order valence-corrected chi connectivity index (χ1v) is 10.9. The van der Waals surface area contributed by atoms with E-state index < -0.39 is 21.7 Å². The van der Waals surface area contributed by atoms with E-state index in [1.807, 2.05) is 24.3 Å². The quantitative estimate of drug-likeness (QED) is 0.771. The minimum Gasteiger partial charge on any atom is -0.369 e. The fourth-order valence-corrected chi connectivity index (χ4v) is 4.47. The summed E-state index contributed by atoms with van der Waals surface area (Å²) in [6.45, 7) is 1.94. The van der Waals surface area contributed by atoms with Crippen molar-refractivity contribution in [3.05, 3.63) is 64.9 Å². The summed E-state index contributed by atoms with van der Waals surface area (Å²) in [6, 6.07) is 12.5. The van der Waals surface area contributed by atoms with Gasteiger partial charge in [-0.25, -0.2) is 12.8 Å². The number of halogens is 2. The minimum atomic E-state index is -3.47. The average molecular weight is 426 g/mol. The van der Waals surface area contributed by atoms with Crippen LogP contribution >= 0.6 is 11.6 Å². The van der Waals surface area contributed by atoms with Gasteiger partial charge in [-0.15, -0.1) is 0 Å². The molecule has 1 fully saturated rings. The highest BCUT2D eigenvalue weighted by atomic mass is 35.5. The largest absolute Gasteiger partial charge is 0.369 e. The van der Waals surface area contributed by atoms with Crippen molar-refractivity contribution >= 4 is 33.2 Å². The molecule has 0 bridgehead atoms. The van der Waals surface area contributed by atoms with Crippen molar-refractivity contribution in [2.75, 3.05) is 43.4 Å². The third-order valence-electron chi connectivity index (χ3n) is 4.58. The van der Waals surface area contributed by atoms with Crippen molar-refractivity contribution in [2.45, 2.75) is 0 Å². The molecule has 1 heterocycles. The zero-order chi connectivity index (χ0) is 20.1. The van der Waals surface area contributed by atoms with Gasteiger partial charge in [-0.2, -0.15) is 4.31 Å². The number of piperazine rings is 1. The lowest BCUT2D eigenvalue weighted by Crippen LogP contribution is -2.50. The maximum atomic E-state index is 12.9. The van der Waals surface area contributed by atoms with Gasteiger partial charge in [0.25, 0.3) is 5.91 Å². The molecule has 6 nitrogen and oxygen atoms in total. The Kier molecular flexibility index (Phi) is 6.53. The zero-order valence-electron chi connectivity index (χ0n) is 15.1. The summed E-state index contributed by atoms with van der Waals surface area (Å²) < 4.78 is 39.4. The van der Waals surface area contributed by atoms with E-state index in [1.54, 1.807) is 0 Å². The minimum absolute atomic E-state index is 0.00403. The van der Waals surface area contributed by atoms with Gasteiger partial charge in [0.1, 0.15) is 5.82 Å². The predicted octanol–water partition coefficient (Wildman–Crippen LogP) is 2.36. The predicted molar refractivity (Wildman–Crippen MR) is 108 cm³/mol.